The summed E-state index contributed by atoms with van der Waals surface area (Å²) in [7, 11) is 0. The van der Waals surface area contributed by atoms with E-state index in [1.807, 2.05) is 45.0 Å². The molecule has 2 N–H and O–H groups in total. The standard InChI is InChI=1S/C21H25N3O2/c1-4-5-19(14-25)24-20(26)21(2,3)18-8-6-16(7-9-18)17-10-15(11-22)12-23-13-17/h6-10,12-13,19,25H,4-5,14H2,1-3H3,(H,24,26). The third-order valence-electron chi connectivity index (χ3n) is 4.57. The number of benzene rings is 1. The number of pyridine rings is 1. The van der Waals surface area contributed by atoms with E-state index in [9.17, 15) is 9.90 Å². The Hall–Kier alpha value is -2.71. The predicted octanol–water partition coefficient (Wildman–Crippen LogP) is 3.18. The molecule has 1 heterocycles. The molecule has 0 saturated heterocycles. The topological polar surface area (TPSA) is 86.0 Å². The maximum atomic E-state index is 12.7. The summed E-state index contributed by atoms with van der Waals surface area (Å²) in [6, 6.07) is 11.4. The summed E-state index contributed by atoms with van der Waals surface area (Å²) < 4.78 is 0. The fraction of sp³-hybridized carbons (Fsp3) is 0.381. The number of nitriles is 1. The number of aliphatic hydroxyl groups is 1. The van der Waals surface area contributed by atoms with E-state index in [0.29, 0.717) is 5.56 Å². The molecular weight excluding hydrogens is 326 g/mol. The number of aliphatic hydroxyl groups excluding tert-OH is 1. The van der Waals surface area contributed by atoms with Gasteiger partial charge in [0.25, 0.3) is 0 Å². The van der Waals surface area contributed by atoms with E-state index >= 15 is 0 Å². The number of rotatable bonds is 7. The van der Waals surface area contributed by atoms with Gasteiger partial charge in [-0.3, -0.25) is 9.78 Å². The van der Waals surface area contributed by atoms with Crippen LogP contribution in [0.25, 0.3) is 11.1 Å². The minimum atomic E-state index is -0.716. The first-order chi connectivity index (χ1) is 12.4. The zero-order valence-corrected chi connectivity index (χ0v) is 15.5. The van der Waals surface area contributed by atoms with Gasteiger partial charge in [-0.05, 0) is 37.5 Å². The van der Waals surface area contributed by atoms with Crippen molar-refractivity contribution in [3.8, 4) is 17.2 Å². The highest BCUT2D eigenvalue weighted by atomic mass is 16.3. The van der Waals surface area contributed by atoms with Gasteiger partial charge in [0.05, 0.1) is 23.6 Å². The summed E-state index contributed by atoms with van der Waals surface area (Å²) in [5.41, 5.74) is 2.48. The summed E-state index contributed by atoms with van der Waals surface area (Å²) >= 11 is 0. The lowest BCUT2D eigenvalue weighted by atomic mass is 9.82. The minimum Gasteiger partial charge on any atom is -0.394 e. The Morgan fingerprint density at radius 1 is 1.27 bits per heavy atom. The Kier molecular flexibility index (Phi) is 6.48. The molecule has 0 saturated carbocycles. The van der Waals surface area contributed by atoms with Crippen molar-refractivity contribution in [1.82, 2.24) is 10.3 Å². The van der Waals surface area contributed by atoms with Crippen molar-refractivity contribution in [1.29, 1.82) is 5.26 Å². The third-order valence-corrected chi connectivity index (χ3v) is 4.57. The average Bonchev–Trinajstić information content (AvgIpc) is 2.67. The van der Waals surface area contributed by atoms with Gasteiger partial charge in [0.15, 0.2) is 0 Å². The molecule has 1 aromatic carbocycles. The maximum Gasteiger partial charge on any atom is 0.230 e. The number of carbonyl (C=O) groups is 1. The van der Waals surface area contributed by atoms with Crippen LogP contribution in [0.15, 0.2) is 42.7 Å². The molecule has 1 aromatic heterocycles. The molecule has 0 spiro atoms. The van der Waals surface area contributed by atoms with Crippen LogP contribution in [0.3, 0.4) is 0 Å². The van der Waals surface area contributed by atoms with E-state index in [1.165, 1.54) is 6.20 Å². The first-order valence-electron chi connectivity index (χ1n) is 8.80. The second-order valence-corrected chi connectivity index (χ2v) is 6.92. The third kappa shape index (κ3) is 4.47. The molecular formula is C21H25N3O2. The van der Waals surface area contributed by atoms with Crippen molar-refractivity contribution in [2.75, 3.05) is 6.61 Å². The molecule has 5 nitrogen and oxygen atoms in total. The molecule has 0 bridgehead atoms. The summed E-state index contributed by atoms with van der Waals surface area (Å²) in [6.07, 6.45) is 4.89. The Labute approximate surface area is 154 Å². The number of nitrogens with one attached hydrogen (secondary N) is 1. The van der Waals surface area contributed by atoms with Gasteiger partial charge in [-0.1, -0.05) is 37.6 Å². The van der Waals surface area contributed by atoms with Gasteiger partial charge in [0.2, 0.25) is 5.91 Å². The van der Waals surface area contributed by atoms with E-state index in [4.69, 9.17) is 5.26 Å². The second kappa shape index (κ2) is 8.59. The van der Waals surface area contributed by atoms with Crippen LogP contribution in [-0.4, -0.2) is 28.6 Å². The van der Waals surface area contributed by atoms with Gasteiger partial charge in [0, 0.05) is 18.0 Å². The lowest BCUT2D eigenvalue weighted by Crippen LogP contribution is -2.46. The molecule has 5 heteroatoms. The summed E-state index contributed by atoms with van der Waals surface area (Å²) in [5.74, 6) is -0.106. The number of carbonyl (C=O) groups excluding carboxylic acids is 1. The molecule has 26 heavy (non-hydrogen) atoms. The minimum absolute atomic E-state index is 0.0587. The number of nitrogens with zero attached hydrogens (tertiary/aromatic N) is 2. The second-order valence-electron chi connectivity index (χ2n) is 6.92. The van der Waals surface area contributed by atoms with Crippen molar-refractivity contribution in [2.24, 2.45) is 0 Å². The monoisotopic (exact) mass is 351 g/mol. The van der Waals surface area contributed by atoms with E-state index in [-0.39, 0.29) is 18.6 Å². The van der Waals surface area contributed by atoms with Crippen LogP contribution in [0, 0.1) is 11.3 Å². The lowest BCUT2D eigenvalue weighted by Gasteiger charge is -2.27. The van der Waals surface area contributed by atoms with Gasteiger partial charge in [-0.15, -0.1) is 0 Å². The fourth-order valence-corrected chi connectivity index (χ4v) is 2.79. The number of amides is 1. The Morgan fingerprint density at radius 3 is 2.54 bits per heavy atom. The van der Waals surface area contributed by atoms with Gasteiger partial charge in [-0.2, -0.15) is 5.26 Å². The molecule has 1 unspecified atom stereocenters. The fourth-order valence-electron chi connectivity index (χ4n) is 2.79. The highest BCUT2D eigenvalue weighted by Crippen LogP contribution is 2.27. The number of hydrogen-bond acceptors (Lipinski definition) is 4. The van der Waals surface area contributed by atoms with Gasteiger partial charge >= 0.3 is 0 Å². The smallest absolute Gasteiger partial charge is 0.230 e. The van der Waals surface area contributed by atoms with Crippen LogP contribution in [0.2, 0.25) is 0 Å². The molecule has 0 aliphatic rings. The van der Waals surface area contributed by atoms with E-state index in [2.05, 4.69) is 16.4 Å². The van der Waals surface area contributed by atoms with E-state index < -0.39 is 5.41 Å². The first kappa shape index (κ1) is 19.6. The molecule has 1 atom stereocenters. The molecule has 0 fully saturated rings. The Balaban J connectivity index is 2.20. The molecule has 0 aliphatic carbocycles. The average molecular weight is 351 g/mol. The zero-order valence-electron chi connectivity index (χ0n) is 15.5. The quantitative estimate of drug-likeness (QED) is 0.802. The van der Waals surface area contributed by atoms with Crippen molar-refractivity contribution in [3.63, 3.8) is 0 Å². The van der Waals surface area contributed by atoms with Gasteiger partial charge in [-0.25, -0.2) is 0 Å². The van der Waals surface area contributed by atoms with Crippen molar-refractivity contribution in [3.05, 3.63) is 53.9 Å². The first-order valence-corrected chi connectivity index (χ1v) is 8.80. The highest BCUT2D eigenvalue weighted by Gasteiger charge is 2.31. The Bertz CT molecular complexity index is 792. The van der Waals surface area contributed by atoms with E-state index in [0.717, 1.165) is 29.5 Å². The van der Waals surface area contributed by atoms with Crippen LogP contribution in [0.4, 0.5) is 0 Å². The van der Waals surface area contributed by atoms with Crippen LogP contribution >= 0.6 is 0 Å². The van der Waals surface area contributed by atoms with Gasteiger partial charge < -0.3 is 10.4 Å². The predicted molar refractivity (Wildman–Crippen MR) is 101 cm³/mol. The molecule has 136 valence electrons. The molecule has 2 aromatic rings. The summed E-state index contributed by atoms with van der Waals surface area (Å²) in [6.45, 7) is 5.71. The van der Waals surface area contributed by atoms with Crippen LogP contribution in [0.1, 0.15) is 44.7 Å². The van der Waals surface area contributed by atoms with Gasteiger partial charge in [0.1, 0.15) is 6.07 Å². The molecule has 2 rings (SSSR count). The maximum absolute atomic E-state index is 12.7. The van der Waals surface area contributed by atoms with Crippen LogP contribution < -0.4 is 5.32 Å². The molecule has 0 aliphatic heterocycles. The lowest BCUT2D eigenvalue weighted by molar-refractivity contribution is -0.126. The van der Waals surface area contributed by atoms with Crippen LogP contribution in [-0.2, 0) is 10.2 Å². The van der Waals surface area contributed by atoms with Crippen molar-refractivity contribution < 1.29 is 9.90 Å². The SMILES string of the molecule is CCCC(CO)NC(=O)C(C)(C)c1ccc(-c2cncc(C#N)c2)cc1. The zero-order chi connectivity index (χ0) is 19.2. The van der Waals surface area contributed by atoms with Crippen molar-refractivity contribution in [2.45, 2.75) is 45.1 Å². The summed E-state index contributed by atoms with van der Waals surface area (Å²) in [4.78, 5) is 16.8. The highest BCUT2D eigenvalue weighted by molar-refractivity contribution is 5.87. The number of hydrogen-bond donors (Lipinski definition) is 2. The largest absolute Gasteiger partial charge is 0.394 e. The van der Waals surface area contributed by atoms with E-state index in [1.54, 1.807) is 12.3 Å². The Morgan fingerprint density at radius 2 is 1.96 bits per heavy atom. The van der Waals surface area contributed by atoms with Crippen molar-refractivity contribution >= 4 is 5.91 Å². The summed E-state index contributed by atoms with van der Waals surface area (Å²) in [5, 5.41) is 21.3. The molecule has 0 radical (unpaired) electrons. The van der Waals surface area contributed by atoms with Crippen LogP contribution in [0.5, 0.6) is 0 Å². The molecule has 1 amide bonds. The normalized spacial score (nSPS) is 12.3. The number of aromatic nitrogens is 1.